The van der Waals surface area contributed by atoms with E-state index in [-0.39, 0.29) is 5.91 Å². The lowest BCUT2D eigenvalue weighted by molar-refractivity contribution is -0.137. The van der Waals surface area contributed by atoms with E-state index in [0.29, 0.717) is 42.5 Å². The molecule has 6 nitrogen and oxygen atoms in total. The third-order valence-corrected chi connectivity index (χ3v) is 6.75. The number of piperazine rings is 1. The van der Waals surface area contributed by atoms with Gasteiger partial charge in [-0.15, -0.1) is 0 Å². The van der Waals surface area contributed by atoms with Gasteiger partial charge in [0, 0.05) is 50.9 Å². The van der Waals surface area contributed by atoms with Crippen LogP contribution in [0.1, 0.15) is 27.0 Å². The van der Waals surface area contributed by atoms with Crippen molar-refractivity contribution in [3.8, 4) is 11.6 Å². The van der Waals surface area contributed by atoms with Crippen LogP contribution in [0.3, 0.4) is 0 Å². The van der Waals surface area contributed by atoms with Gasteiger partial charge < -0.3 is 15.0 Å². The number of halogens is 3. The van der Waals surface area contributed by atoms with E-state index >= 15 is 0 Å². The number of benzene rings is 3. The Bertz CT molecular complexity index is 1390. The number of hydrogen-bond donors (Lipinski definition) is 1. The van der Waals surface area contributed by atoms with Gasteiger partial charge in [0.15, 0.2) is 0 Å². The van der Waals surface area contributed by atoms with Gasteiger partial charge in [0.2, 0.25) is 5.88 Å². The Morgan fingerprint density at radius 3 is 2.15 bits per heavy atom. The maximum atomic E-state index is 13.0. The number of hydrogen-bond acceptors (Lipinski definition) is 5. The Balaban J connectivity index is 1.08. The zero-order valence-electron chi connectivity index (χ0n) is 21.8. The molecule has 1 aliphatic heterocycles. The molecular weight excluding hydrogens is 517 g/mol. The average molecular weight is 547 g/mol. The van der Waals surface area contributed by atoms with Gasteiger partial charge in [-0.25, -0.2) is 4.98 Å². The van der Waals surface area contributed by atoms with Crippen LogP contribution >= 0.6 is 0 Å². The molecule has 3 aromatic carbocycles. The summed E-state index contributed by atoms with van der Waals surface area (Å²) in [6.07, 6.45) is -2.75. The molecule has 2 heterocycles. The Labute approximate surface area is 231 Å². The first-order valence-corrected chi connectivity index (χ1v) is 13.0. The van der Waals surface area contributed by atoms with Crippen LogP contribution in [0.5, 0.6) is 11.6 Å². The molecule has 0 spiro atoms. The molecule has 0 saturated carbocycles. The number of pyridine rings is 1. The first-order valence-electron chi connectivity index (χ1n) is 13.0. The van der Waals surface area contributed by atoms with Crippen molar-refractivity contribution in [2.75, 3.05) is 31.5 Å². The molecule has 0 aliphatic carbocycles. The molecule has 40 heavy (non-hydrogen) atoms. The topological polar surface area (TPSA) is 57.7 Å². The lowest BCUT2D eigenvalue weighted by Crippen LogP contribution is -2.48. The van der Waals surface area contributed by atoms with Crippen LogP contribution in [-0.2, 0) is 19.3 Å². The van der Waals surface area contributed by atoms with Gasteiger partial charge in [-0.1, -0.05) is 42.5 Å². The minimum Gasteiger partial charge on any atom is -0.439 e. The zero-order valence-corrected chi connectivity index (χ0v) is 21.8. The molecule has 9 heteroatoms. The average Bonchev–Trinajstić information content (AvgIpc) is 2.98. The Morgan fingerprint density at radius 1 is 0.825 bits per heavy atom. The number of alkyl halides is 3. The van der Waals surface area contributed by atoms with Crippen LogP contribution in [0, 0.1) is 0 Å². The maximum Gasteiger partial charge on any atom is 0.416 e. The summed E-state index contributed by atoms with van der Waals surface area (Å²) in [7, 11) is 0. The minimum absolute atomic E-state index is 0.00695. The molecule has 1 amide bonds. The Hall–Kier alpha value is -4.37. The van der Waals surface area contributed by atoms with Crippen molar-refractivity contribution in [1.82, 2.24) is 14.8 Å². The summed E-state index contributed by atoms with van der Waals surface area (Å²) < 4.78 is 43.9. The fraction of sp³-hybridized carbons (Fsp3) is 0.226. The molecule has 0 radical (unpaired) electrons. The summed E-state index contributed by atoms with van der Waals surface area (Å²) in [6.45, 7) is 4.29. The number of nitrogens with zero attached hydrogens (tertiary/aromatic N) is 3. The van der Waals surface area contributed by atoms with Crippen LogP contribution in [0.15, 0.2) is 97.2 Å². The second-order valence-corrected chi connectivity index (χ2v) is 9.61. The highest BCUT2D eigenvalue weighted by Crippen LogP contribution is 2.29. The summed E-state index contributed by atoms with van der Waals surface area (Å²) >= 11 is 0. The molecule has 4 aromatic rings. The molecule has 0 unspecified atom stereocenters. The highest BCUT2D eigenvalue weighted by atomic mass is 19.4. The van der Waals surface area contributed by atoms with Crippen molar-refractivity contribution in [3.63, 3.8) is 0 Å². The molecule has 1 aromatic heterocycles. The monoisotopic (exact) mass is 546 g/mol. The lowest BCUT2D eigenvalue weighted by Gasteiger charge is -2.34. The van der Waals surface area contributed by atoms with Crippen LogP contribution in [0.2, 0.25) is 0 Å². The fourth-order valence-electron chi connectivity index (χ4n) is 4.48. The number of carbonyl (C=O) groups excluding carboxylic acids is 1. The molecule has 1 saturated heterocycles. The smallest absolute Gasteiger partial charge is 0.416 e. The van der Waals surface area contributed by atoms with Gasteiger partial charge in [0.05, 0.1) is 17.4 Å². The molecule has 0 atom stereocenters. The molecule has 5 rings (SSSR count). The summed E-state index contributed by atoms with van der Waals surface area (Å²) in [4.78, 5) is 21.5. The third-order valence-electron chi connectivity index (χ3n) is 6.75. The molecule has 1 aliphatic rings. The van der Waals surface area contributed by atoms with Crippen molar-refractivity contribution in [3.05, 3.63) is 119 Å². The number of amides is 1. The predicted molar refractivity (Wildman–Crippen MR) is 147 cm³/mol. The quantitative estimate of drug-likeness (QED) is 0.275. The van der Waals surface area contributed by atoms with Crippen molar-refractivity contribution in [1.29, 1.82) is 0 Å². The van der Waals surface area contributed by atoms with E-state index in [1.807, 2.05) is 23.1 Å². The predicted octanol–water partition coefficient (Wildman–Crippen LogP) is 6.46. The standard InChI is InChI=1S/C31H29F3N4O2/c32-31(33,34)26-10-6-23(7-11-26)20-35-27-12-15-29(36-21-27)40-28-13-8-25(9-14-28)30(39)38-18-16-37(17-19-38)22-24-4-2-1-3-5-24/h1-15,21,35H,16-20,22H2. The molecule has 206 valence electrons. The zero-order chi connectivity index (χ0) is 28.0. The van der Waals surface area contributed by atoms with E-state index in [1.54, 1.807) is 42.6 Å². The second kappa shape index (κ2) is 12.2. The van der Waals surface area contributed by atoms with E-state index < -0.39 is 11.7 Å². The number of nitrogens with one attached hydrogen (secondary N) is 1. The van der Waals surface area contributed by atoms with Crippen molar-refractivity contribution in [2.45, 2.75) is 19.3 Å². The van der Waals surface area contributed by atoms with Crippen LogP contribution in [-0.4, -0.2) is 46.9 Å². The van der Waals surface area contributed by atoms with Gasteiger partial charge in [-0.05, 0) is 53.6 Å². The number of ether oxygens (including phenoxy) is 1. The Morgan fingerprint density at radius 2 is 1.52 bits per heavy atom. The minimum atomic E-state index is -4.35. The normalized spacial score (nSPS) is 14.1. The summed E-state index contributed by atoms with van der Waals surface area (Å²) in [5.74, 6) is 0.948. The van der Waals surface area contributed by atoms with Crippen LogP contribution in [0.25, 0.3) is 0 Å². The second-order valence-electron chi connectivity index (χ2n) is 9.61. The van der Waals surface area contributed by atoms with Crippen LogP contribution in [0.4, 0.5) is 18.9 Å². The molecule has 0 bridgehead atoms. The number of carbonyl (C=O) groups is 1. The maximum absolute atomic E-state index is 13.0. The van der Waals surface area contributed by atoms with E-state index in [9.17, 15) is 18.0 Å². The first kappa shape index (κ1) is 27.2. The molecule has 1 N–H and O–H groups in total. The van der Waals surface area contributed by atoms with E-state index in [2.05, 4.69) is 27.3 Å². The number of rotatable bonds is 8. The van der Waals surface area contributed by atoms with Crippen molar-refractivity contribution in [2.24, 2.45) is 0 Å². The number of anilines is 1. The van der Waals surface area contributed by atoms with Gasteiger partial charge in [-0.2, -0.15) is 13.2 Å². The third kappa shape index (κ3) is 7.18. The van der Waals surface area contributed by atoms with E-state index in [0.717, 1.165) is 37.3 Å². The molecular formula is C31H29F3N4O2. The van der Waals surface area contributed by atoms with Gasteiger partial charge in [-0.3, -0.25) is 9.69 Å². The summed E-state index contributed by atoms with van der Waals surface area (Å²) in [6, 6.07) is 25.9. The Kier molecular flexibility index (Phi) is 8.31. The van der Waals surface area contributed by atoms with Crippen molar-refractivity contribution >= 4 is 11.6 Å². The van der Waals surface area contributed by atoms with Crippen LogP contribution < -0.4 is 10.1 Å². The van der Waals surface area contributed by atoms with Crippen molar-refractivity contribution < 1.29 is 22.7 Å². The summed E-state index contributed by atoms with van der Waals surface area (Å²) in [5, 5.41) is 3.13. The number of aromatic nitrogens is 1. The van der Waals surface area contributed by atoms with Gasteiger partial charge >= 0.3 is 6.18 Å². The highest BCUT2D eigenvalue weighted by Gasteiger charge is 2.29. The van der Waals surface area contributed by atoms with Gasteiger partial charge in [0.1, 0.15) is 5.75 Å². The van der Waals surface area contributed by atoms with E-state index in [4.69, 9.17) is 4.74 Å². The largest absolute Gasteiger partial charge is 0.439 e. The van der Waals surface area contributed by atoms with Gasteiger partial charge in [0.25, 0.3) is 5.91 Å². The van der Waals surface area contributed by atoms with E-state index in [1.165, 1.54) is 17.7 Å². The SMILES string of the molecule is O=C(c1ccc(Oc2ccc(NCc3ccc(C(F)(F)F)cc3)cn2)cc1)N1CCN(Cc2ccccc2)CC1. The molecule has 1 fully saturated rings. The lowest BCUT2D eigenvalue weighted by atomic mass is 10.1. The first-order chi connectivity index (χ1) is 19.3. The fourth-order valence-corrected chi connectivity index (χ4v) is 4.48. The summed E-state index contributed by atoms with van der Waals surface area (Å²) in [5.41, 5.74) is 2.64. The highest BCUT2D eigenvalue weighted by molar-refractivity contribution is 5.94.